The van der Waals surface area contributed by atoms with Crippen LogP contribution in [0.1, 0.15) is 24.2 Å². The molecule has 0 aliphatic carbocycles. The van der Waals surface area contributed by atoms with Gasteiger partial charge in [0, 0.05) is 13.8 Å². The normalized spacial score (nSPS) is 10.1. The second kappa shape index (κ2) is 4.34. The van der Waals surface area contributed by atoms with Gasteiger partial charge in [0.05, 0.1) is 28.7 Å². The van der Waals surface area contributed by atoms with Crippen molar-refractivity contribution < 1.29 is 14.3 Å². The highest BCUT2D eigenvalue weighted by molar-refractivity contribution is 5.99. The lowest BCUT2D eigenvalue weighted by molar-refractivity contribution is -0.131. The summed E-state index contributed by atoms with van der Waals surface area (Å²) in [5.74, 6) is -0.483. The molecule has 0 saturated heterocycles. The Bertz CT molecular complexity index is 692. The molecule has 5 heteroatoms. The van der Waals surface area contributed by atoms with Crippen LogP contribution in [0.15, 0.2) is 24.4 Å². The van der Waals surface area contributed by atoms with Crippen LogP contribution in [0, 0.1) is 11.3 Å². The van der Waals surface area contributed by atoms with Crippen LogP contribution in [0.25, 0.3) is 10.9 Å². The monoisotopic (exact) mass is 242 g/mol. The average molecular weight is 242 g/mol. The molecule has 0 fully saturated rings. The molecule has 0 amide bonds. The molecular weight excluding hydrogens is 232 g/mol. The molecule has 1 heterocycles. The van der Waals surface area contributed by atoms with Crippen molar-refractivity contribution in [3.05, 3.63) is 30.0 Å². The molecule has 0 spiro atoms. The molecule has 2 aromatic rings. The third-order valence-electron chi connectivity index (χ3n) is 2.51. The van der Waals surface area contributed by atoms with Gasteiger partial charge in [0.2, 0.25) is 5.91 Å². The van der Waals surface area contributed by atoms with Gasteiger partial charge in [0.25, 0.3) is 0 Å². The lowest BCUT2D eigenvalue weighted by Gasteiger charge is -1.99. The van der Waals surface area contributed by atoms with Gasteiger partial charge in [-0.05, 0) is 12.1 Å². The van der Waals surface area contributed by atoms with Crippen molar-refractivity contribution in [1.82, 2.24) is 4.57 Å². The van der Waals surface area contributed by atoms with Crippen LogP contribution in [-0.2, 0) is 4.79 Å². The Morgan fingerprint density at radius 2 is 2.06 bits per heavy atom. The number of carbonyl (C=O) groups is 2. The van der Waals surface area contributed by atoms with E-state index in [0.717, 1.165) is 0 Å². The van der Waals surface area contributed by atoms with Crippen molar-refractivity contribution in [2.45, 2.75) is 13.8 Å². The summed E-state index contributed by atoms with van der Waals surface area (Å²) >= 11 is 0. The van der Waals surface area contributed by atoms with Gasteiger partial charge in [0.15, 0.2) is 5.75 Å². The Morgan fingerprint density at radius 1 is 1.33 bits per heavy atom. The summed E-state index contributed by atoms with van der Waals surface area (Å²) in [5.41, 5.74) is 0.918. The van der Waals surface area contributed by atoms with E-state index in [-0.39, 0.29) is 11.7 Å². The lowest BCUT2D eigenvalue weighted by atomic mass is 10.1. The van der Waals surface area contributed by atoms with E-state index in [0.29, 0.717) is 16.5 Å². The summed E-state index contributed by atoms with van der Waals surface area (Å²) in [4.78, 5) is 22.5. The minimum absolute atomic E-state index is 0.214. The highest BCUT2D eigenvalue weighted by Crippen LogP contribution is 2.31. The summed E-state index contributed by atoms with van der Waals surface area (Å²) < 4.78 is 6.39. The van der Waals surface area contributed by atoms with Gasteiger partial charge >= 0.3 is 5.97 Å². The van der Waals surface area contributed by atoms with Crippen LogP contribution in [0.3, 0.4) is 0 Å². The molecule has 0 radical (unpaired) electrons. The first-order chi connectivity index (χ1) is 8.54. The molecule has 0 unspecified atom stereocenters. The van der Waals surface area contributed by atoms with Gasteiger partial charge in [-0.1, -0.05) is 6.07 Å². The van der Waals surface area contributed by atoms with Crippen molar-refractivity contribution in [3.63, 3.8) is 0 Å². The minimum Gasteiger partial charge on any atom is -0.424 e. The van der Waals surface area contributed by atoms with E-state index in [4.69, 9.17) is 10.00 Å². The number of hydrogen-bond acceptors (Lipinski definition) is 4. The first-order valence-electron chi connectivity index (χ1n) is 5.28. The maximum absolute atomic E-state index is 11.5. The molecule has 90 valence electrons. The Kier molecular flexibility index (Phi) is 2.86. The average Bonchev–Trinajstić information content (AvgIpc) is 2.67. The van der Waals surface area contributed by atoms with Crippen LogP contribution < -0.4 is 4.74 Å². The third kappa shape index (κ3) is 1.84. The van der Waals surface area contributed by atoms with Crippen LogP contribution in [0.4, 0.5) is 0 Å². The first kappa shape index (κ1) is 11.9. The van der Waals surface area contributed by atoms with Gasteiger partial charge in [0.1, 0.15) is 0 Å². The zero-order chi connectivity index (χ0) is 13.3. The second-order valence-corrected chi connectivity index (χ2v) is 3.79. The molecule has 1 aromatic carbocycles. The van der Waals surface area contributed by atoms with Gasteiger partial charge in [-0.15, -0.1) is 0 Å². The summed E-state index contributed by atoms with van der Waals surface area (Å²) in [6.45, 7) is 2.67. The smallest absolute Gasteiger partial charge is 0.308 e. The van der Waals surface area contributed by atoms with Crippen LogP contribution in [0.2, 0.25) is 0 Å². The van der Waals surface area contributed by atoms with Gasteiger partial charge in [-0.25, -0.2) is 0 Å². The SMILES string of the molecule is CC(=O)Oc1cn(C(C)=O)c2cccc(C#N)c12. The first-order valence-corrected chi connectivity index (χ1v) is 5.28. The number of rotatable bonds is 1. The zero-order valence-corrected chi connectivity index (χ0v) is 9.93. The van der Waals surface area contributed by atoms with Crippen molar-refractivity contribution in [1.29, 1.82) is 5.26 Å². The lowest BCUT2D eigenvalue weighted by Crippen LogP contribution is -2.03. The fourth-order valence-electron chi connectivity index (χ4n) is 1.84. The predicted octanol–water partition coefficient (Wildman–Crippen LogP) is 2.10. The Labute approximate surface area is 103 Å². The number of nitrogens with zero attached hydrogens (tertiary/aromatic N) is 2. The maximum Gasteiger partial charge on any atom is 0.308 e. The van der Waals surface area contributed by atoms with E-state index in [1.165, 1.54) is 24.6 Å². The molecule has 2 rings (SSSR count). The van der Waals surface area contributed by atoms with E-state index in [1.807, 2.05) is 6.07 Å². The van der Waals surface area contributed by atoms with Crippen LogP contribution >= 0.6 is 0 Å². The molecule has 1 aromatic heterocycles. The predicted molar refractivity (Wildman–Crippen MR) is 64.3 cm³/mol. The highest BCUT2D eigenvalue weighted by atomic mass is 16.5. The van der Waals surface area contributed by atoms with E-state index in [9.17, 15) is 9.59 Å². The van der Waals surface area contributed by atoms with Crippen LogP contribution in [-0.4, -0.2) is 16.4 Å². The maximum atomic E-state index is 11.5. The standard InChI is InChI=1S/C13H10N2O3/c1-8(16)15-7-12(18-9(2)17)13-10(6-14)4-3-5-11(13)15/h3-5,7H,1-2H3. The number of nitriles is 1. The fraction of sp³-hybridized carbons (Fsp3) is 0.154. The van der Waals surface area contributed by atoms with E-state index >= 15 is 0 Å². The van der Waals surface area contributed by atoms with E-state index < -0.39 is 5.97 Å². The summed E-state index contributed by atoms with van der Waals surface area (Å²) in [6, 6.07) is 7.01. The van der Waals surface area contributed by atoms with Crippen molar-refractivity contribution in [2.75, 3.05) is 0 Å². The molecule has 0 atom stereocenters. The number of esters is 1. The van der Waals surface area contributed by atoms with Crippen molar-refractivity contribution in [3.8, 4) is 11.8 Å². The number of hydrogen-bond donors (Lipinski definition) is 0. The Hall–Kier alpha value is -2.61. The summed E-state index contributed by atoms with van der Waals surface area (Å²) in [6.07, 6.45) is 1.43. The Balaban J connectivity index is 2.81. The number of aromatic nitrogens is 1. The van der Waals surface area contributed by atoms with Gasteiger partial charge in [-0.3, -0.25) is 14.2 Å². The van der Waals surface area contributed by atoms with Gasteiger partial charge < -0.3 is 4.74 Å². The number of carbonyl (C=O) groups excluding carboxylic acids is 2. The number of ether oxygens (including phenoxy) is 1. The largest absolute Gasteiger partial charge is 0.424 e. The summed E-state index contributed by atoms with van der Waals surface area (Å²) in [5, 5.41) is 9.53. The quantitative estimate of drug-likeness (QED) is 0.718. The molecule has 5 nitrogen and oxygen atoms in total. The minimum atomic E-state index is -0.495. The topological polar surface area (TPSA) is 72.1 Å². The molecule has 0 bridgehead atoms. The van der Waals surface area contributed by atoms with E-state index in [1.54, 1.807) is 18.2 Å². The highest BCUT2D eigenvalue weighted by Gasteiger charge is 2.16. The molecule has 0 N–H and O–H groups in total. The third-order valence-corrected chi connectivity index (χ3v) is 2.51. The van der Waals surface area contributed by atoms with E-state index in [2.05, 4.69) is 0 Å². The van der Waals surface area contributed by atoms with Crippen molar-refractivity contribution in [2.24, 2.45) is 0 Å². The number of fused-ring (bicyclic) bond motifs is 1. The molecule has 0 saturated carbocycles. The molecule has 0 aliphatic rings. The van der Waals surface area contributed by atoms with Gasteiger partial charge in [-0.2, -0.15) is 5.26 Å². The zero-order valence-electron chi connectivity index (χ0n) is 9.93. The fourth-order valence-corrected chi connectivity index (χ4v) is 1.84. The molecule has 18 heavy (non-hydrogen) atoms. The molecular formula is C13H10N2O3. The Morgan fingerprint density at radius 3 is 2.61 bits per heavy atom. The molecule has 0 aliphatic heterocycles. The second-order valence-electron chi connectivity index (χ2n) is 3.79. The van der Waals surface area contributed by atoms with Crippen LogP contribution in [0.5, 0.6) is 5.75 Å². The van der Waals surface area contributed by atoms with Crippen molar-refractivity contribution >= 4 is 22.8 Å². The number of benzene rings is 1. The summed E-state index contributed by atoms with van der Waals surface area (Å²) in [7, 11) is 0.